The van der Waals surface area contributed by atoms with Crippen molar-refractivity contribution in [1.82, 2.24) is 15.1 Å². The molecule has 2 aromatic heterocycles. The fraction of sp³-hybridized carbons (Fsp3) is 0.320. The average Bonchev–Trinajstić information content (AvgIpc) is 3.54. The Kier molecular flexibility index (Phi) is 5.84. The lowest BCUT2D eigenvalue weighted by atomic mass is 10.0. The summed E-state index contributed by atoms with van der Waals surface area (Å²) >= 11 is 0. The Morgan fingerprint density at radius 1 is 1.20 bits per heavy atom. The predicted molar refractivity (Wildman–Crippen MR) is 129 cm³/mol. The van der Waals surface area contributed by atoms with Crippen molar-refractivity contribution in [3.63, 3.8) is 0 Å². The van der Waals surface area contributed by atoms with Gasteiger partial charge in [-0.15, -0.1) is 0 Å². The highest BCUT2D eigenvalue weighted by atomic mass is 32.2. The second-order valence-corrected chi connectivity index (χ2v) is 10.6. The molecule has 0 bridgehead atoms. The summed E-state index contributed by atoms with van der Waals surface area (Å²) in [4.78, 5) is 20.0. The molecule has 1 aliphatic carbocycles. The number of carbonyl (C=O) groups excluding carboxylic acids is 1. The first kappa shape index (κ1) is 23.1. The molecule has 0 aliphatic heterocycles. The number of carbonyl (C=O) groups is 1. The van der Waals surface area contributed by atoms with Gasteiger partial charge in [-0.05, 0) is 61.7 Å². The fourth-order valence-corrected chi connectivity index (χ4v) is 5.53. The predicted octanol–water partition coefficient (Wildman–Crippen LogP) is 4.28. The molecule has 0 radical (unpaired) electrons. The Bertz CT molecular complexity index is 1540. The third-order valence-electron chi connectivity index (χ3n) is 6.30. The molecular formula is C25H25N3O6S. The van der Waals surface area contributed by atoms with Crippen LogP contribution in [-0.2, 0) is 25.8 Å². The summed E-state index contributed by atoms with van der Waals surface area (Å²) in [6.07, 6.45) is 3.26. The van der Waals surface area contributed by atoms with E-state index >= 15 is 0 Å². The van der Waals surface area contributed by atoms with Crippen LogP contribution in [0.2, 0.25) is 0 Å². The third-order valence-corrected chi connectivity index (χ3v) is 7.42. The number of hydrogen-bond acceptors (Lipinski definition) is 8. The quantitative estimate of drug-likeness (QED) is 0.377. The van der Waals surface area contributed by atoms with Gasteiger partial charge < -0.3 is 19.0 Å². The Labute approximate surface area is 202 Å². The van der Waals surface area contributed by atoms with E-state index in [4.69, 9.17) is 14.0 Å². The number of esters is 1. The topological polar surface area (TPSA) is 124 Å². The van der Waals surface area contributed by atoms with Crippen LogP contribution in [0.5, 0.6) is 5.75 Å². The van der Waals surface area contributed by atoms with Crippen LogP contribution in [0.3, 0.4) is 0 Å². The van der Waals surface area contributed by atoms with Gasteiger partial charge in [0.2, 0.25) is 5.82 Å². The molecule has 0 saturated carbocycles. The number of nitrogens with one attached hydrogen (secondary N) is 1. The number of aromatic nitrogens is 3. The van der Waals surface area contributed by atoms with Crippen molar-refractivity contribution in [1.29, 1.82) is 0 Å². The van der Waals surface area contributed by atoms with E-state index in [1.165, 1.54) is 18.7 Å². The van der Waals surface area contributed by atoms with Crippen LogP contribution in [0.1, 0.15) is 36.9 Å². The maximum Gasteiger partial charge on any atom is 0.306 e. The summed E-state index contributed by atoms with van der Waals surface area (Å²) in [6.45, 7) is 2.19. The van der Waals surface area contributed by atoms with E-state index in [9.17, 15) is 13.2 Å². The highest BCUT2D eigenvalue weighted by Crippen LogP contribution is 2.40. The Morgan fingerprint density at radius 3 is 2.74 bits per heavy atom. The minimum Gasteiger partial charge on any atom is -0.495 e. The number of fused-ring (bicyclic) bond motifs is 3. The molecule has 0 amide bonds. The first-order chi connectivity index (χ1) is 16.8. The summed E-state index contributed by atoms with van der Waals surface area (Å²) in [5, 5.41) is 5.19. The minimum absolute atomic E-state index is 0.0546. The number of H-pyrrole nitrogens is 1. The molecule has 35 heavy (non-hydrogen) atoms. The zero-order valence-electron chi connectivity index (χ0n) is 19.6. The SMILES string of the molecule is CCOC(=O)CC1CCc2c1[nH]c1ccc(-c3noc(-c4ccc(OC)c(S(C)(=O)=O)c4)n3)cc21. The van der Waals surface area contributed by atoms with Gasteiger partial charge in [-0.25, -0.2) is 8.42 Å². The van der Waals surface area contributed by atoms with Gasteiger partial charge in [-0.3, -0.25) is 4.79 Å². The molecular weight excluding hydrogens is 470 g/mol. The summed E-state index contributed by atoms with van der Waals surface area (Å²) < 4.78 is 40.1. The highest BCUT2D eigenvalue weighted by molar-refractivity contribution is 7.90. The van der Waals surface area contributed by atoms with E-state index in [-0.39, 0.29) is 28.4 Å². The molecule has 2 heterocycles. The number of hydrogen-bond donors (Lipinski definition) is 1. The first-order valence-electron chi connectivity index (χ1n) is 11.3. The maximum atomic E-state index is 12.2. The molecule has 4 aromatic rings. The van der Waals surface area contributed by atoms with Gasteiger partial charge in [0.25, 0.3) is 5.89 Å². The minimum atomic E-state index is -3.51. The monoisotopic (exact) mass is 495 g/mol. The van der Waals surface area contributed by atoms with Crippen molar-refractivity contribution in [2.45, 2.75) is 37.0 Å². The smallest absolute Gasteiger partial charge is 0.306 e. The van der Waals surface area contributed by atoms with E-state index in [1.807, 2.05) is 25.1 Å². The van der Waals surface area contributed by atoms with Crippen LogP contribution < -0.4 is 4.74 Å². The summed E-state index contributed by atoms with van der Waals surface area (Å²) in [5.41, 5.74) is 4.54. The molecule has 2 aromatic carbocycles. The summed E-state index contributed by atoms with van der Waals surface area (Å²) in [5.74, 6) is 0.803. The van der Waals surface area contributed by atoms with Crippen molar-refractivity contribution in [3.8, 4) is 28.6 Å². The van der Waals surface area contributed by atoms with Gasteiger partial charge in [-0.2, -0.15) is 4.98 Å². The number of aryl methyl sites for hydroxylation is 1. The number of ether oxygens (including phenoxy) is 2. The van der Waals surface area contributed by atoms with Crippen molar-refractivity contribution >= 4 is 26.7 Å². The number of nitrogens with zero attached hydrogens (tertiary/aromatic N) is 2. The van der Waals surface area contributed by atoms with Crippen LogP contribution in [0, 0.1) is 0 Å². The highest BCUT2D eigenvalue weighted by Gasteiger charge is 2.29. The largest absolute Gasteiger partial charge is 0.495 e. The number of benzene rings is 2. The molecule has 1 N–H and O–H groups in total. The Morgan fingerprint density at radius 2 is 2.00 bits per heavy atom. The average molecular weight is 496 g/mol. The van der Waals surface area contributed by atoms with Gasteiger partial charge in [0.1, 0.15) is 10.6 Å². The number of rotatable bonds is 7. The van der Waals surface area contributed by atoms with Crippen molar-refractivity contribution in [3.05, 3.63) is 47.7 Å². The molecule has 1 unspecified atom stereocenters. The molecule has 0 spiro atoms. The zero-order valence-corrected chi connectivity index (χ0v) is 20.4. The summed E-state index contributed by atoms with van der Waals surface area (Å²) in [7, 11) is -2.09. The van der Waals surface area contributed by atoms with E-state index < -0.39 is 9.84 Å². The van der Waals surface area contributed by atoms with Gasteiger partial charge in [-0.1, -0.05) is 5.16 Å². The Balaban J connectivity index is 1.46. The van der Waals surface area contributed by atoms with E-state index in [1.54, 1.807) is 12.1 Å². The van der Waals surface area contributed by atoms with Crippen LogP contribution in [0.25, 0.3) is 33.7 Å². The van der Waals surface area contributed by atoms with Crippen LogP contribution in [0.4, 0.5) is 0 Å². The lowest BCUT2D eigenvalue weighted by Crippen LogP contribution is -2.08. The molecule has 0 saturated heterocycles. The molecule has 0 fully saturated rings. The molecule has 1 atom stereocenters. The number of aromatic amines is 1. The van der Waals surface area contributed by atoms with E-state index in [0.717, 1.165) is 41.3 Å². The normalized spacial score (nSPS) is 15.3. The van der Waals surface area contributed by atoms with Crippen molar-refractivity contribution in [2.24, 2.45) is 0 Å². The third kappa shape index (κ3) is 4.29. The molecule has 182 valence electrons. The van der Waals surface area contributed by atoms with E-state index in [2.05, 4.69) is 15.1 Å². The lowest BCUT2D eigenvalue weighted by molar-refractivity contribution is -0.143. The Hall–Kier alpha value is -3.66. The van der Waals surface area contributed by atoms with Crippen LogP contribution >= 0.6 is 0 Å². The van der Waals surface area contributed by atoms with Gasteiger partial charge in [0.15, 0.2) is 9.84 Å². The molecule has 10 heteroatoms. The summed E-state index contributed by atoms with van der Waals surface area (Å²) in [6, 6.07) is 10.6. The van der Waals surface area contributed by atoms with Crippen LogP contribution in [0.15, 0.2) is 45.8 Å². The molecule has 1 aliphatic rings. The lowest BCUT2D eigenvalue weighted by Gasteiger charge is -2.08. The van der Waals surface area contributed by atoms with Gasteiger partial charge in [0.05, 0.1) is 20.1 Å². The number of sulfone groups is 1. The van der Waals surface area contributed by atoms with Crippen molar-refractivity contribution in [2.75, 3.05) is 20.0 Å². The maximum absolute atomic E-state index is 12.2. The number of methoxy groups -OCH3 is 1. The van der Waals surface area contributed by atoms with Gasteiger partial charge >= 0.3 is 5.97 Å². The first-order valence-corrected chi connectivity index (χ1v) is 13.2. The van der Waals surface area contributed by atoms with Gasteiger partial charge in [0, 0.05) is 39.9 Å². The van der Waals surface area contributed by atoms with Crippen LogP contribution in [-0.4, -0.2) is 49.5 Å². The fourth-order valence-electron chi connectivity index (χ4n) is 4.67. The second-order valence-electron chi connectivity index (χ2n) is 8.58. The zero-order chi connectivity index (χ0) is 24.7. The molecule has 9 nitrogen and oxygen atoms in total. The van der Waals surface area contributed by atoms with Crippen molar-refractivity contribution < 1.29 is 27.2 Å². The standard InChI is InChI=1S/C25H25N3O6S/c1-4-33-22(29)13-14-5-8-17-18-11-15(6-9-19(18)26-23(14)17)24-27-25(34-28-24)16-7-10-20(32-2)21(12-16)35(3,30)31/h6-7,9-12,14,26H,4-5,8,13H2,1-3H3. The second kappa shape index (κ2) is 8.84. The molecule has 5 rings (SSSR count). The van der Waals surface area contributed by atoms with E-state index in [0.29, 0.717) is 24.4 Å².